The highest BCUT2D eigenvalue weighted by Gasteiger charge is 2.41. The summed E-state index contributed by atoms with van der Waals surface area (Å²) < 4.78 is 2.19. The van der Waals surface area contributed by atoms with Crippen LogP contribution in [0.1, 0.15) is 35.5 Å². The summed E-state index contributed by atoms with van der Waals surface area (Å²) in [5, 5.41) is 7.06. The van der Waals surface area contributed by atoms with Crippen LogP contribution in [0.15, 0.2) is 97.3 Å². The Morgan fingerprint density at radius 1 is 1.00 bits per heavy atom. The molecule has 1 aliphatic rings. The average molecular weight is 482 g/mol. The predicted octanol–water partition coefficient (Wildman–Crippen LogP) is 5.18. The number of benzene rings is 2. The number of amides is 1. The lowest BCUT2D eigenvalue weighted by atomic mass is 10.0. The molecule has 1 saturated heterocycles. The Kier molecular flexibility index (Phi) is 6.59. The molecule has 2 aromatic heterocycles. The first-order valence-electron chi connectivity index (χ1n) is 11.7. The van der Waals surface area contributed by atoms with Gasteiger partial charge in [-0.15, -0.1) is 0 Å². The Bertz CT molecular complexity index is 1300. The number of carbonyl (C=O) groups excluding carboxylic acids is 1. The van der Waals surface area contributed by atoms with E-state index in [9.17, 15) is 4.79 Å². The highest BCUT2D eigenvalue weighted by atomic mass is 32.1. The van der Waals surface area contributed by atoms with Crippen molar-refractivity contribution in [2.75, 3.05) is 11.9 Å². The monoisotopic (exact) mass is 481 g/mol. The van der Waals surface area contributed by atoms with Gasteiger partial charge in [0.25, 0.3) is 0 Å². The maximum absolute atomic E-state index is 12.7. The van der Waals surface area contributed by atoms with Crippen molar-refractivity contribution < 1.29 is 4.79 Å². The SMILES string of the molecule is Cc1ccc(-n2cccc2[C@@H]2[C@H](c3ccccn3)NC(=S)N2CCC(=O)Nc2ccccc2)cc1. The van der Waals surface area contributed by atoms with Crippen molar-refractivity contribution in [1.29, 1.82) is 0 Å². The molecule has 35 heavy (non-hydrogen) atoms. The molecule has 3 heterocycles. The number of hydrogen-bond donors (Lipinski definition) is 2. The fourth-order valence-electron chi connectivity index (χ4n) is 4.51. The second-order valence-electron chi connectivity index (χ2n) is 8.62. The van der Waals surface area contributed by atoms with Gasteiger partial charge in [-0.25, -0.2) is 0 Å². The number of aryl methyl sites for hydroxylation is 1. The molecule has 1 aliphatic heterocycles. The lowest BCUT2D eigenvalue weighted by molar-refractivity contribution is -0.116. The lowest BCUT2D eigenvalue weighted by Crippen LogP contribution is -2.33. The summed E-state index contributed by atoms with van der Waals surface area (Å²) in [5.41, 5.74) is 5.07. The Labute approximate surface area is 210 Å². The van der Waals surface area contributed by atoms with Crippen LogP contribution in [0.25, 0.3) is 5.69 Å². The Morgan fingerprint density at radius 3 is 2.51 bits per heavy atom. The van der Waals surface area contributed by atoms with Gasteiger partial charge in [-0.2, -0.15) is 0 Å². The number of nitrogens with one attached hydrogen (secondary N) is 2. The van der Waals surface area contributed by atoms with Crippen molar-refractivity contribution in [1.82, 2.24) is 19.8 Å². The van der Waals surface area contributed by atoms with E-state index in [4.69, 9.17) is 12.2 Å². The molecule has 0 unspecified atom stereocenters. The van der Waals surface area contributed by atoms with Crippen molar-refractivity contribution in [3.05, 3.63) is 114 Å². The van der Waals surface area contributed by atoms with Crippen molar-refractivity contribution in [3.63, 3.8) is 0 Å². The quantitative estimate of drug-likeness (QED) is 0.356. The average Bonchev–Trinajstić information content (AvgIpc) is 3.48. The van der Waals surface area contributed by atoms with E-state index in [0.717, 1.165) is 22.8 Å². The number of thiocarbonyl (C=S) groups is 1. The topological polar surface area (TPSA) is 62.2 Å². The summed E-state index contributed by atoms with van der Waals surface area (Å²) in [7, 11) is 0. The van der Waals surface area contributed by atoms with Crippen molar-refractivity contribution in [2.24, 2.45) is 0 Å². The zero-order chi connectivity index (χ0) is 24.2. The fourth-order valence-corrected chi connectivity index (χ4v) is 4.84. The molecule has 2 aromatic carbocycles. The van der Waals surface area contributed by atoms with Gasteiger partial charge in [0.05, 0.1) is 17.8 Å². The van der Waals surface area contributed by atoms with Crippen LogP contribution < -0.4 is 10.6 Å². The smallest absolute Gasteiger partial charge is 0.226 e. The minimum absolute atomic E-state index is 0.0482. The van der Waals surface area contributed by atoms with E-state index in [2.05, 4.69) is 68.5 Å². The molecule has 0 aliphatic carbocycles. The maximum atomic E-state index is 12.7. The summed E-state index contributed by atoms with van der Waals surface area (Å²) in [6.07, 6.45) is 4.18. The number of anilines is 1. The van der Waals surface area contributed by atoms with Crippen LogP contribution in [0.4, 0.5) is 5.69 Å². The molecule has 6 nitrogen and oxygen atoms in total. The molecule has 2 N–H and O–H groups in total. The van der Waals surface area contributed by atoms with Gasteiger partial charge in [-0.1, -0.05) is 42.0 Å². The molecular weight excluding hydrogens is 454 g/mol. The van der Waals surface area contributed by atoms with E-state index in [-0.39, 0.29) is 18.0 Å². The molecule has 0 radical (unpaired) electrons. The molecular formula is C28H27N5OS. The molecule has 1 fully saturated rings. The van der Waals surface area contributed by atoms with Crippen molar-refractivity contribution >= 4 is 28.9 Å². The fraction of sp³-hybridized carbons (Fsp3) is 0.179. The molecule has 0 saturated carbocycles. The van der Waals surface area contributed by atoms with Crippen LogP contribution >= 0.6 is 12.2 Å². The Balaban J connectivity index is 1.45. The summed E-state index contributed by atoms with van der Waals surface area (Å²) in [5.74, 6) is -0.0482. The standard InChI is InChI=1S/C28H27N5OS/c1-20-12-14-22(15-13-20)32-18-7-11-24(32)27-26(23-10-5-6-17-29-23)31-28(35)33(27)19-16-25(34)30-21-8-3-2-4-9-21/h2-15,17-18,26-27H,16,19H2,1H3,(H,30,34)(H,31,35)/t26-,27+/m0/s1. The molecule has 176 valence electrons. The number of hydrogen-bond acceptors (Lipinski definition) is 3. The molecule has 5 rings (SSSR count). The Morgan fingerprint density at radius 2 is 1.77 bits per heavy atom. The first-order valence-corrected chi connectivity index (χ1v) is 12.1. The summed E-state index contributed by atoms with van der Waals surface area (Å²) >= 11 is 5.77. The first kappa shape index (κ1) is 22.8. The largest absolute Gasteiger partial charge is 0.352 e. The second kappa shape index (κ2) is 10.1. The molecule has 0 bridgehead atoms. The van der Waals surface area contributed by atoms with Gasteiger partial charge < -0.3 is 20.1 Å². The molecule has 4 aromatic rings. The van der Waals surface area contributed by atoms with Crippen LogP contribution in [0, 0.1) is 6.92 Å². The molecule has 1 amide bonds. The third-order valence-electron chi connectivity index (χ3n) is 6.23. The van der Waals surface area contributed by atoms with E-state index >= 15 is 0 Å². The normalized spacial score (nSPS) is 17.3. The van der Waals surface area contributed by atoms with Crippen LogP contribution in [0.3, 0.4) is 0 Å². The second-order valence-corrected chi connectivity index (χ2v) is 9.01. The maximum Gasteiger partial charge on any atom is 0.226 e. The number of pyridine rings is 1. The Hall–Kier alpha value is -3.97. The third kappa shape index (κ3) is 4.95. The highest BCUT2D eigenvalue weighted by molar-refractivity contribution is 7.80. The highest BCUT2D eigenvalue weighted by Crippen LogP contribution is 2.39. The van der Waals surface area contributed by atoms with Gasteiger partial charge >= 0.3 is 0 Å². The van der Waals surface area contributed by atoms with E-state index in [1.165, 1.54) is 5.56 Å². The van der Waals surface area contributed by atoms with Gasteiger partial charge in [0, 0.05) is 42.4 Å². The van der Waals surface area contributed by atoms with E-state index in [1.54, 1.807) is 6.20 Å². The summed E-state index contributed by atoms with van der Waals surface area (Å²) in [6, 6.07) is 27.8. The van der Waals surface area contributed by atoms with Crippen LogP contribution in [-0.4, -0.2) is 32.0 Å². The predicted molar refractivity (Wildman–Crippen MR) is 142 cm³/mol. The number of carbonyl (C=O) groups is 1. The zero-order valence-electron chi connectivity index (χ0n) is 19.5. The van der Waals surface area contributed by atoms with Gasteiger partial charge in [-0.05, 0) is 67.7 Å². The van der Waals surface area contributed by atoms with Gasteiger partial charge in [0.1, 0.15) is 0 Å². The van der Waals surface area contributed by atoms with Gasteiger partial charge in [-0.3, -0.25) is 9.78 Å². The van der Waals surface area contributed by atoms with E-state index < -0.39 is 0 Å². The lowest BCUT2D eigenvalue weighted by Gasteiger charge is -2.29. The summed E-state index contributed by atoms with van der Waals surface area (Å²) in [4.78, 5) is 19.4. The first-order chi connectivity index (χ1) is 17.1. The summed E-state index contributed by atoms with van der Waals surface area (Å²) in [6.45, 7) is 2.57. The van der Waals surface area contributed by atoms with Crippen molar-refractivity contribution in [3.8, 4) is 5.69 Å². The zero-order valence-corrected chi connectivity index (χ0v) is 20.3. The molecule has 2 atom stereocenters. The number of nitrogens with zero attached hydrogens (tertiary/aromatic N) is 3. The van der Waals surface area contributed by atoms with Gasteiger partial charge in [0.2, 0.25) is 5.91 Å². The van der Waals surface area contributed by atoms with E-state index in [1.807, 2.05) is 54.6 Å². The molecule has 7 heteroatoms. The molecule has 0 spiro atoms. The van der Waals surface area contributed by atoms with Crippen molar-refractivity contribution in [2.45, 2.75) is 25.4 Å². The van der Waals surface area contributed by atoms with Crippen LogP contribution in [0.5, 0.6) is 0 Å². The number of aromatic nitrogens is 2. The minimum Gasteiger partial charge on any atom is -0.352 e. The third-order valence-corrected chi connectivity index (χ3v) is 6.58. The van der Waals surface area contributed by atoms with Crippen LogP contribution in [0.2, 0.25) is 0 Å². The number of rotatable bonds is 7. The van der Waals surface area contributed by atoms with Gasteiger partial charge in [0.15, 0.2) is 5.11 Å². The van der Waals surface area contributed by atoms with Crippen LogP contribution in [-0.2, 0) is 4.79 Å². The van der Waals surface area contributed by atoms with E-state index in [0.29, 0.717) is 18.1 Å². The number of para-hydroxylation sites is 1. The minimum atomic E-state index is -0.139.